The van der Waals surface area contributed by atoms with Gasteiger partial charge in [0.25, 0.3) is 0 Å². The van der Waals surface area contributed by atoms with Crippen molar-refractivity contribution in [1.29, 1.82) is 5.26 Å². The molecule has 2 bridgehead atoms. The van der Waals surface area contributed by atoms with Crippen molar-refractivity contribution in [2.24, 2.45) is 17.3 Å². The Morgan fingerprint density at radius 1 is 1.04 bits per heavy atom. The third-order valence-corrected chi connectivity index (χ3v) is 12.8. The maximum Gasteiger partial charge on any atom is 0.407 e. The van der Waals surface area contributed by atoms with Crippen molar-refractivity contribution < 1.29 is 49.3 Å². The number of carbonyl (C=O) groups is 2. The molecular formula is C38H57N5O10. The number of fused-ring (bicyclic) bond motifs is 1. The number of nitriles is 1. The zero-order chi connectivity index (χ0) is 37.8. The van der Waals surface area contributed by atoms with E-state index in [4.69, 9.17) is 19.3 Å². The molecule has 5 aliphatic rings. The summed E-state index contributed by atoms with van der Waals surface area (Å²) in [6.07, 6.45) is 0.410. The van der Waals surface area contributed by atoms with E-state index >= 15 is 0 Å². The quantitative estimate of drug-likeness (QED) is 0.0828. The van der Waals surface area contributed by atoms with Gasteiger partial charge in [0.2, 0.25) is 5.91 Å². The first-order valence-electron chi connectivity index (χ1n) is 19.2. The Kier molecular flexibility index (Phi) is 12.6. The lowest BCUT2D eigenvalue weighted by Gasteiger charge is -2.78. The van der Waals surface area contributed by atoms with Crippen LogP contribution in [0, 0.1) is 28.6 Å². The van der Waals surface area contributed by atoms with E-state index in [1.165, 1.54) is 6.42 Å². The van der Waals surface area contributed by atoms with Gasteiger partial charge in [-0.1, -0.05) is 31.2 Å². The molecule has 0 aromatic heterocycles. The number of hydrogen-bond acceptors (Lipinski definition) is 13. The first kappa shape index (κ1) is 39.8. The van der Waals surface area contributed by atoms with Crippen LogP contribution in [0.1, 0.15) is 63.0 Å². The molecule has 1 spiro atoms. The third-order valence-electron chi connectivity index (χ3n) is 12.8. The summed E-state index contributed by atoms with van der Waals surface area (Å²) < 4.78 is 17.6. The van der Waals surface area contributed by atoms with Crippen LogP contribution in [-0.4, -0.2) is 148 Å². The number of aliphatic hydroxyl groups excluding tert-OH is 5. The lowest BCUT2D eigenvalue weighted by atomic mass is 9.32. The van der Waals surface area contributed by atoms with Crippen LogP contribution in [0.4, 0.5) is 4.79 Å². The Balaban J connectivity index is 0.839. The second kappa shape index (κ2) is 16.8. The standard InChI is InChI=1S/C38H57N5O10/c1-2-42(22-30(45)33(48)34(49)31(46)23-44)21-26-7-5-25(6-8-26)19-40-35(50)52-12-10-51-11-13-53-37-17-28-14-27-15-36(24-37,38(28,37)16-27)41-20-32(47)43-9-3-4-29(43)18-39/h5-8,27-31,33-34,41,44-46,48-49H,2-4,9-17,19-24H2,1H3,(H,40,50)/t27?,28?,29-,30-,31+,33+,34+,36?,37?,38?/m0/s1. The number of benzene rings is 1. The summed E-state index contributed by atoms with van der Waals surface area (Å²) in [7, 11) is 0. The van der Waals surface area contributed by atoms with Crippen LogP contribution in [0.2, 0.25) is 0 Å². The molecule has 4 saturated carbocycles. The Morgan fingerprint density at radius 2 is 1.77 bits per heavy atom. The fraction of sp³-hybridized carbons (Fsp3) is 0.763. The Hall–Kier alpha value is -2.91. The van der Waals surface area contributed by atoms with Crippen LogP contribution >= 0.6 is 0 Å². The van der Waals surface area contributed by atoms with Crippen LogP contribution in [-0.2, 0) is 32.1 Å². The molecule has 6 rings (SSSR count). The summed E-state index contributed by atoms with van der Waals surface area (Å²) >= 11 is 0. The van der Waals surface area contributed by atoms with Gasteiger partial charge in [0.05, 0.1) is 50.7 Å². The third kappa shape index (κ3) is 7.81. The number of nitrogens with one attached hydrogen (secondary N) is 2. The molecule has 5 unspecified atom stereocenters. The van der Waals surface area contributed by atoms with E-state index in [2.05, 4.69) is 16.7 Å². The van der Waals surface area contributed by atoms with Gasteiger partial charge >= 0.3 is 6.09 Å². The van der Waals surface area contributed by atoms with Gasteiger partial charge in [-0.2, -0.15) is 5.26 Å². The number of carbonyl (C=O) groups excluding carboxylic acids is 2. The number of hydrogen-bond donors (Lipinski definition) is 7. The van der Waals surface area contributed by atoms with E-state index in [1.807, 2.05) is 36.1 Å². The van der Waals surface area contributed by atoms with E-state index in [1.54, 1.807) is 4.90 Å². The first-order chi connectivity index (χ1) is 25.5. The minimum absolute atomic E-state index is 0.0296. The molecule has 15 nitrogen and oxygen atoms in total. The van der Waals surface area contributed by atoms with Crippen molar-refractivity contribution >= 4 is 12.0 Å². The predicted molar refractivity (Wildman–Crippen MR) is 190 cm³/mol. The predicted octanol–water partition coefficient (Wildman–Crippen LogP) is 0.00928. The SMILES string of the molecule is CCN(Cc1ccc(CNC(=O)OCCOCCOC23CC4CC5CC(NCC(=O)N6CCC[C@H]6C#N)(C2)C43C5)cc1)C[C@H](O)[C@@H](O)[C@H](O)[C@H](O)CO. The maximum atomic E-state index is 13.0. The highest BCUT2D eigenvalue weighted by molar-refractivity contribution is 5.79. The van der Waals surface area contributed by atoms with Crippen LogP contribution < -0.4 is 10.6 Å². The molecular weight excluding hydrogens is 686 g/mol. The molecule has 1 aliphatic heterocycles. The van der Waals surface area contributed by atoms with Gasteiger partial charge in [-0.25, -0.2) is 4.79 Å². The van der Waals surface area contributed by atoms with Crippen molar-refractivity contribution in [3.05, 3.63) is 35.4 Å². The highest BCUT2D eigenvalue weighted by atomic mass is 16.6. The number of alkyl carbamates (subject to hydrolysis) is 1. The average Bonchev–Trinajstić information content (AvgIpc) is 3.86. The van der Waals surface area contributed by atoms with Crippen molar-refractivity contribution in [2.45, 2.75) is 107 Å². The Labute approximate surface area is 311 Å². The molecule has 5 fully saturated rings. The van der Waals surface area contributed by atoms with Crippen LogP contribution in [0.5, 0.6) is 0 Å². The van der Waals surface area contributed by atoms with E-state index in [0.717, 1.165) is 49.7 Å². The summed E-state index contributed by atoms with van der Waals surface area (Å²) in [5.41, 5.74) is 1.70. The highest BCUT2D eigenvalue weighted by Crippen LogP contribution is 2.85. The first-order valence-corrected chi connectivity index (χ1v) is 19.2. The monoisotopic (exact) mass is 743 g/mol. The largest absolute Gasteiger partial charge is 0.447 e. The van der Waals surface area contributed by atoms with Gasteiger partial charge in [-0.3, -0.25) is 9.69 Å². The number of likely N-dealkylation sites (N-methyl/N-ethyl adjacent to an activating group) is 1. The number of amides is 2. The molecule has 294 valence electrons. The normalized spacial score (nSPS) is 31.6. The summed E-state index contributed by atoms with van der Waals surface area (Å²) in [5.74, 6) is 1.34. The molecule has 1 aromatic carbocycles. The Morgan fingerprint density at radius 3 is 2.49 bits per heavy atom. The minimum atomic E-state index is -1.67. The summed E-state index contributed by atoms with van der Waals surface area (Å²) in [5, 5.41) is 64.7. The number of ether oxygens (including phenoxy) is 3. The van der Waals surface area contributed by atoms with Gasteiger partial charge in [0, 0.05) is 37.1 Å². The molecule has 2 amide bonds. The number of aliphatic hydroxyl groups is 5. The lowest BCUT2D eigenvalue weighted by molar-refractivity contribution is -0.343. The fourth-order valence-corrected chi connectivity index (χ4v) is 10.4. The van der Waals surface area contributed by atoms with Gasteiger partial charge in [0.15, 0.2) is 0 Å². The summed E-state index contributed by atoms with van der Waals surface area (Å²) in [6, 6.07) is 9.52. The van der Waals surface area contributed by atoms with Gasteiger partial charge in [-0.15, -0.1) is 0 Å². The molecule has 1 saturated heterocycles. The van der Waals surface area contributed by atoms with Gasteiger partial charge in [0.1, 0.15) is 31.0 Å². The van der Waals surface area contributed by atoms with E-state index < -0.39 is 37.1 Å². The van der Waals surface area contributed by atoms with Crippen LogP contribution in [0.15, 0.2) is 24.3 Å². The molecule has 4 aliphatic carbocycles. The minimum Gasteiger partial charge on any atom is -0.447 e. The van der Waals surface area contributed by atoms with Crippen LogP contribution in [0.3, 0.4) is 0 Å². The smallest absolute Gasteiger partial charge is 0.407 e. The second-order valence-corrected chi connectivity index (χ2v) is 15.8. The zero-order valence-corrected chi connectivity index (χ0v) is 30.7. The van der Waals surface area contributed by atoms with E-state index in [-0.39, 0.29) is 61.4 Å². The number of nitrogens with zero attached hydrogens (tertiary/aromatic N) is 3. The van der Waals surface area contributed by atoms with Gasteiger partial charge < -0.3 is 55.3 Å². The van der Waals surface area contributed by atoms with Crippen molar-refractivity contribution in [1.82, 2.24) is 20.4 Å². The lowest BCUT2D eigenvalue weighted by Crippen LogP contribution is -2.86. The number of likely N-dealkylation sites (tertiary alicyclic amines) is 1. The molecule has 0 radical (unpaired) electrons. The summed E-state index contributed by atoms with van der Waals surface area (Å²) in [4.78, 5) is 28.9. The van der Waals surface area contributed by atoms with Crippen molar-refractivity contribution in [3.63, 3.8) is 0 Å². The average molecular weight is 744 g/mol. The molecule has 1 aromatic rings. The topological polar surface area (TPSA) is 217 Å². The highest BCUT2D eigenvalue weighted by Gasteiger charge is 2.88. The molecule has 7 N–H and O–H groups in total. The van der Waals surface area contributed by atoms with Gasteiger partial charge in [-0.05, 0) is 74.5 Å². The van der Waals surface area contributed by atoms with Crippen molar-refractivity contribution in [2.75, 3.05) is 59.2 Å². The second-order valence-electron chi connectivity index (χ2n) is 15.8. The molecule has 1 heterocycles. The van der Waals surface area contributed by atoms with Crippen LogP contribution in [0.25, 0.3) is 0 Å². The Bertz CT molecular complexity index is 1460. The molecule has 10 atom stereocenters. The van der Waals surface area contributed by atoms with Crippen molar-refractivity contribution in [3.8, 4) is 6.07 Å². The maximum absolute atomic E-state index is 13.0. The molecule has 53 heavy (non-hydrogen) atoms. The zero-order valence-electron chi connectivity index (χ0n) is 30.7. The van der Waals surface area contributed by atoms with E-state index in [0.29, 0.717) is 44.7 Å². The summed E-state index contributed by atoms with van der Waals surface area (Å²) in [6.45, 7) is 4.69. The number of rotatable bonds is 21. The fourth-order valence-electron chi connectivity index (χ4n) is 10.4. The molecule has 15 heteroatoms. The van der Waals surface area contributed by atoms with E-state index in [9.17, 15) is 35.3 Å².